The summed E-state index contributed by atoms with van der Waals surface area (Å²) in [4.78, 5) is 26.6. The van der Waals surface area contributed by atoms with Gasteiger partial charge in [-0.2, -0.15) is 4.91 Å². The van der Waals surface area contributed by atoms with Crippen molar-refractivity contribution in [2.24, 2.45) is 10.9 Å². The maximum atomic E-state index is 11.1. The van der Waals surface area contributed by atoms with Gasteiger partial charge in [-0.05, 0) is 66.6 Å². The lowest BCUT2D eigenvalue weighted by atomic mass is 9.90. The number of pyridine rings is 1. The number of nitrogens with zero attached hydrogens (tertiary/aromatic N) is 4. The highest BCUT2D eigenvalue weighted by Crippen LogP contribution is 2.35. The number of fused-ring (bicyclic) bond motifs is 2. The zero-order valence-electron chi connectivity index (χ0n) is 19.4. The standard InChI is InChI=1S/C27H30N6O/c1-18(32-34)20-11-12-21(22(14-20)15-28)16-33(17-26-30-23-8-2-3-9-24(23)31-26)25-10-4-6-19-7-5-13-29-27(19)25/h2-3,5,7-9,11-14,18,25H,4,6,10,15-17,28H2,1H3,(H,30,31). The first-order valence-electron chi connectivity index (χ1n) is 11.9. The van der Waals surface area contributed by atoms with E-state index in [9.17, 15) is 4.91 Å². The van der Waals surface area contributed by atoms with Gasteiger partial charge in [-0.25, -0.2) is 4.98 Å². The van der Waals surface area contributed by atoms with E-state index in [0.29, 0.717) is 19.6 Å². The smallest absolute Gasteiger partial charge is 0.121 e. The van der Waals surface area contributed by atoms with Gasteiger partial charge in [0, 0.05) is 19.3 Å². The van der Waals surface area contributed by atoms with Crippen molar-refractivity contribution in [2.45, 2.75) is 57.9 Å². The lowest BCUT2D eigenvalue weighted by Crippen LogP contribution is -2.32. The first-order valence-corrected chi connectivity index (χ1v) is 11.9. The van der Waals surface area contributed by atoms with Crippen LogP contribution in [0.25, 0.3) is 11.0 Å². The number of aryl methyl sites for hydroxylation is 1. The summed E-state index contributed by atoms with van der Waals surface area (Å²) in [7, 11) is 0. The second-order valence-corrected chi connectivity index (χ2v) is 9.08. The van der Waals surface area contributed by atoms with E-state index in [1.54, 1.807) is 6.92 Å². The van der Waals surface area contributed by atoms with Gasteiger partial charge in [-0.3, -0.25) is 9.88 Å². The van der Waals surface area contributed by atoms with Crippen LogP contribution in [0.3, 0.4) is 0 Å². The normalized spacial score (nSPS) is 16.5. The number of rotatable bonds is 8. The Balaban J connectivity index is 1.51. The summed E-state index contributed by atoms with van der Waals surface area (Å²) < 4.78 is 0. The van der Waals surface area contributed by atoms with Crippen molar-refractivity contribution < 1.29 is 0 Å². The molecule has 5 rings (SSSR count). The van der Waals surface area contributed by atoms with Crippen LogP contribution in [0.15, 0.2) is 66.0 Å². The number of aromatic amines is 1. The third kappa shape index (κ3) is 4.49. The van der Waals surface area contributed by atoms with Crippen LogP contribution in [-0.4, -0.2) is 19.9 Å². The number of hydrogen-bond acceptors (Lipinski definition) is 6. The Bertz CT molecular complexity index is 1270. The summed E-state index contributed by atoms with van der Waals surface area (Å²) in [6.07, 6.45) is 5.14. The van der Waals surface area contributed by atoms with Gasteiger partial charge in [-0.15, -0.1) is 0 Å². The van der Waals surface area contributed by atoms with Crippen molar-refractivity contribution in [1.29, 1.82) is 0 Å². The molecular weight excluding hydrogens is 424 g/mol. The molecule has 1 aliphatic rings. The van der Waals surface area contributed by atoms with Crippen LogP contribution in [0.1, 0.15) is 65.6 Å². The molecule has 34 heavy (non-hydrogen) atoms. The lowest BCUT2D eigenvalue weighted by molar-refractivity contribution is 0.153. The Morgan fingerprint density at radius 3 is 2.85 bits per heavy atom. The van der Waals surface area contributed by atoms with E-state index in [1.165, 1.54) is 5.56 Å². The molecule has 3 N–H and O–H groups in total. The van der Waals surface area contributed by atoms with Gasteiger partial charge in [-0.1, -0.05) is 41.6 Å². The summed E-state index contributed by atoms with van der Waals surface area (Å²) in [5.74, 6) is 0.939. The van der Waals surface area contributed by atoms with Crippen LogP contribution >= 0.6 is 0 Å². The van der Waals surface area contributed by atoms with Crippen molar-refractivity contribution in [2.75, 3.05) is 0 Å². The summed E-state index contributed by atoms with van der Waals surface area (Å²) in [5, 5.41) is 3.18. The number of benzene rings is 2. The van der Waals surface area contributed by atoms with Gasteiger partial charge in [0.05, 0.1) is 29.3 Å². The van der Waals surface area contributed by atoms with Crippen LogP contribution in [-0.2, 0) is 26.1 Å². The molecule has 0 fully saturated rings. The number of nitroso groups, excluding NO2 is 1. The van der Waals surface area contributed by atoms with E-state index in [0.717, 1.165) is 58.5 Å². The number of H-pyrrole nitrogens is 1. The van der Waals surface area contributed by atoms with Crippen LogP contribution < -0.4 is 5.73 Å². The molecule has 0 bridgehead atoms. The van der Waals surface area contributed by atoms with E-state index in [-0.39, 0.29) is 12.1 Å². The molecule has 0 amide bonds. The molecular formula is C27H30N6O. The monoisotopic (exact) mass is 454 g/mol. The van der Waals surface area contributed by atoms with E-state index < -0.39 is 0 Å². The summed E-state index contributed by atoms with van der Waals surface area (Å²) in [6, 6.07) is 18.3. The van der Waals surface area contributed by atoms with Crippen molar-refractivity contribution in [3.05, 3.63) is 99.5 Å². The molecule has 4 aromatic rings. The van der Waals surface area contributed by atoms with E-state index in [4.69, 9.17) is 15.7 Å². The van der Waals surface area contributed by atoms with E-state index in [2.05, 4.69) is 33.3 Å². The topological polar surface area (TPSA) is 100 Å². The van der Waals surface area contributed by atoms with E-state index in [1.807, 2.05) is 42.6 Å². The van der Waals surface area contributed by atoms with Gasteiger partial charge < -0.3 is 10.7 Å². The van der Waals surface area contributed by atoms with Crippen molar-refractivity contribution >= 4 is 11.0 Å². The molecule has 0 spiro atoms. The third-order valence-corrected chi connectivity index (χ3v) is 6.86. The molecule has 2 atom stereocenters. The molecule has 2 heterocycles. The molecule has 7 nitrogen and oxygen atoms in total. The predicted molar refractivity (Wildman–Crippen MR) is 134 cm³/mol. The summed E-state index contributed by atoms with van der Waals surface area (Å²) in [5.41, 5.74) is 13.7. The minimum absolute atomic E-state index is 0.194. The predicted octanol–water partition coefficient (Wildman–Crippen LogP) is 5.32. The van der Waals surface area contributed by atoms with Gasteiger partial charge in [0.2, 0.25) is 0 Å². The largest absolute Gasteiger partial charge is 0.341 e. The lowest BCUT2D eigenvalue weighted by Gasteiger charge is -2.35. The van der Waals surface area contributed by atoms with Gasteiger partial charge in [0.25, 0.3) is 0 Å². The molecule has 2 unspecified atom stereocenters. The highest BCUT2D eigenvalue weighted by molar-refractivity contribution is 5.74. The Morgan fingerprint density at radius 2 is 2.03 bits per heavy atom. The third-order valence-electron chi connectivity index (χ3n) is 6.86. The molecule has 1 aliphatic carbocycles. The number of para-hydroxylation sites is 2. The minimum atomic E-state index is -0.388. The number of hydrogen-bond donors (Lipinski definition) is 2. The average molecular weight is 455 g/mol. The van der Waals surface area contributed by atoms with Crippen LogP contribution in [0.5, 0.6) is 0 Å². The maximum absolute atomic E-state index is 11.1. The molecule has 0 saturated carbocycles. The molecule has 0 saturated heterocycles. The number of imidazole rings is 1. The zero-order chi connectivity index (χ0) is 23.5. The number of aromatic nitrogens is 3. The second kappa shape index (κ2) is 9.83. The van der Waals surface area contributed by atoms with Gasteiger partial charge >= 0.3 is 0 Å². The molecule has 174 valence electrons. The highest BCUT2D eigenvalue weighted by atomic mass is 16.3. The fourth-order valence-electron chi connectivity index (χ4n) is 5.02. The Morgan fingerprint density at radius 1 is 1.15 bits per heavy atom. The second-order valence-electron chi connectivity index (χ2n) is 9.08. The Hall–Kier alpha value is -3.42. The molecule has 2 aromatic carbocycles. The highest BCUT2D eigenvalue weighted by Gasteiger charge is 2.28. The number of nitrogens with two attached hydrogens (primary N) is 1. The fourth-order valence-corrected chi connectivity index (χ4v) is 5.02. The first kappa shape index (κ1) is 22.4. The van der Waals surface area contributed by atoms with Crippen molar-refractivity contribution in [3.8, 4) is 0 Å². The zero-order valence-corrected chi connectivity index (χ0v) is 19.4. The summed E-state index contributed by atoms with van der Waals surface area (Å²) in [6.45, 7) is 3.61. The quantitative estimate of drug-likeness (QED) is 0.351. The Labute approximate surface area is 199 Å². The summed E-state index contributed by atoms with van der Waals surface area (Å²) >= 11 is 0. The van der Waals surface area contributed by atoms with Crippen molar-refractivity contribution in [1.82, 2.24) is 19.9 Å². The Kier molecular flexibility index (Phi) is 6.47. The average Bonchev–Trinajstić information content (AvgIpc) is 3.30. The van der Waals surface area contributed by atoms with Crippen molar-refractivity contribution in [3.63, 3.8) is 0 Å². The molecule has 2 aromatic heterocycles. The van der Waals surface area contributed by atoms with Gasteiger partial charge in [0.15, 0.2) is 0 Å². The fraction of sp³-hybridized carbons (Fsp3) is 0.333. The van der Waals surface area contributed by atoms with E-state index >= 15 is 0 Å². The van der Waals surface area contributed by atoms with Crippen LogP contribution in [0, 0.1) is 4.91 Å². The first-order chi connectivity index (χ1) is 16.7. The van der Waals surface area contributed by atoms with Gasteiger partial charge in [0.1, 0.15) is 11.9 Å². The molecule has 7 heteroatoms. The number of nitrogens with one attached hydrogen (secondary N) is 1. The molecule has 0 radical (unpaired) electrons. The molecule has 0 aliphatic heterocycles. The minimum Gasteiger partial charge on any atom is -0.341 e. The maximum Gasteiger partial charge on any atom is 0.121 e. The SMILES string of the molecule is CC(N=O)c1ccc(CN(Cc2nc3ccccc3[nH]2)C2CCCc3cccnc32)c(CN)c1. The van der Waals surface area contributed by atoms with Crippen LogP contribution in [0.2, 0.25) is 0 Å². The van der Waals surface area contributed by atoms with Crippen LogP contribution in [0.4, 0.5) is 0 Å².